The third kappa shape index (κ3) is 2.27. The van der Waals surface area contributed by atoms with E-state index in [9.17, 15) is 4.79 Å². The summed E-state index contributed by atoms with van der Waals surface area (Å²) in [5.41, 5.74) is 4.64. The summed E-state index contributed by atoms with van der Waals surface area (Å²) in [5.74, 6) is 0.903. The van der Waals surface area contributed by atoms with Gasteiger partial charge in [-0.15, -0.1) is 0 Å². The Morgan fingerprint density at radius 2 is 2.05 bits per heavy atom. The summed E-state index contributed by atoms with van der Waals surface area (Å²) < 4.78 is 5.58. The molecule has 1 aromatic carbocycles. The highest BCUT2D eigenvalue weighted by atomic mass is 16.5. The number of nitrogens with zero attached hydrogens (tertiary/aromatic N) is 1. The van der Waals surface area contributed by atoms with E-state index in [1.165, 1.54) is 11.1 Å². The van der Waals surface area contributed by atoms with Gasteiger partial charge in [0.05, 0.1) is 13.2 Å². The van der Waals surface area contributed by atoms with Crippen LogP contribution in [0, 0.1) is 20.8 Å². The SMILES string of the molecule is CCN1CC(c2c(C)cc(C)c(C)c2OC)NC1=O. The zero-order valence-corrected chi connectivity index (χ0v) is 12.3. The first kappa shape index (κ1) is 13.7. The number of carbonyl (C=O) groups excluding carboxylic acids is 1. The van der Waals surface area contributed by atoms with Gasteiger partial charge in [-0.05, 0) is 44.4 Å². The van der Waals surface area contributed by atoms with Crippen molar-refractivity contribution in [2.24, 2.45) is 0 Å². The molecule has 0 saturated carbocycles. The minimum absolute atomic E-state index is 0.00665. The predicted octanol–water partition coefficient (Wildman–Crippen LogP) is 2.71. The van der Waals surface area contributed by atoms with Crippen LogP contribution in [0.2, 0.25) is 0 Å². The molecule has 0 spiro atoms. The van der Waals surface area contributed by atoms with Crippen molar-refractivity contribution in [3.8, 4) is 5.75 Å². The zero-order valence-electron chi connectivity index (χ0n) is 12.3. The summed E-state index contributed by atoms with van der Waals surface area (Å²) in [4.78, 5) is 13.6. The normalized spacial score (nSPS) is 18.7. The lowest BCUT2D eigenvalue weighted by Gasteiger charge is -2.20. The van der Waals surface area contributed by atoms with Gasteiger partial charge >= 0.3 is 6.03 Å². The largest absolute Gasteiger partial charge is 0.496 e. The molecule has 1 aliphatic heterocycles. The summed E-state index contributed by atoms with van der Waals surface area (Å²) in [6.45, 7) is 9.65. The molecule has 0 aromatic heterocycles. The van der Waals surface area contributed by atoms with Gasteiger partial charge in [-0.3, -0.25) is 0 Å². The second-order valence-corrected chi connectivity index (χ2v) is 5.12. The molecule has 1 aromatic rings. The van der Waals surface area contributed by atoms with Crippen molar-refractivity contribution in [2.45, 2.75) is 33.7 Å². The van der Waals surface area contributed by atoms with Crippen LogP contribution in [0.15, 0.2) is 6.07 Å². The maximum absolute atomic E-state index is 11.8. The molecule has 0 aliphatic carbocycles. The number of urea groups is 1. The number of nitrogens with one attached hydrogen (secondary N) is 1. The van der Waals surface area contributed by atoms with E-state index in [0.717, 1.165) is 23.4 Å². The molecule has 0 bridgehead atoms. The standard InChI is InChI=1S/C15H22N2O2/c1-6-17-8-12(16-15(17)18)13-10(3)7-9(2)11(4)14(13)19-5/h7,12H,6,8H2,1-5H3,(H,16,18). The molecule has 4 heteroatoms. The molecule has 1 aliphatic rings. The molecule has 1 heterocycles. The van der Waals surface area contributed by atoms with Gasteiger partial charge < -0.3 is 15.0 Å². The highest BCUT2D eigenvalue weighted by molar-refractivity contribution is 5.77. The Labute approximate surface area is 114 Å². The molecular formula is C15H22N2O2. The van der Waals surface area contributed by atoms with Crippen molar-refractivity contribution in [2.75, 3.05) is 20.2 Å². The van der Waals surface area contributed by atoms with E-state index >= 15 is 0 Å². The first-order valence-corrected chi connectivity index (χ1v) is 6.69. The monoisotopic (exact) mass is 262 g/mol. The lowest BCUT2D eigenvalue weighted by Crippen LogP contribution is -2.27. The van der Waals surface area contributed by atoms with Crippen LogP contribution in [0.4, 0.5) is 4.79 Å². The van der Waals surface area contributed by atoms with E-state index in [2.05, 4.69) is 32.2 Å². The Kier molecular flexibility index (Phi) is 3.69. The highest BCUT2D eigenvalue weighted by Crippen LogP contribution is 2.35. The molecule has 1 atom stereocenters. The maximum atomic E-state index is 11.8. The Bertz CT molecular complexity index is 511. The molecule has 1 N–H and O–H groups in total. The smallest absolute Gasteiger partial charge is 0.318 e. The minimum atomic E-state index is 0.00665. The Hall–Kier alpha value is -1.71. The first-order chi connectivity index (χ1) is 8.99. The topological polar surface area (TPSA) is 41.6 Å². The molecule has 2 rings (SSSR count). The Morgan fingerprint density at radius 3 is 2.58 bits per heavy atom. The molecule has 4 nitrogen and oxygen atoms in total. The average Bonchev–Trinajstić information content (AvgIpc) is 2.74. The second-order valence-electron chi connectivity index (χ2n) is 5.12. The fraction of sp³-hybridized carbons (Fsp3) is 0.533. The Balaban J connectivity index is 2.46. The van der Waals surface area contributed by atoms with Crippen LogP contribution in [-0.2, 0) is 0 Å². The van der Waals surface area contributed by atoms with E-state index < -0.39 is 0 Å². The van der Waals surface area contributed by atoms with Gasteiger partial charge in [-0.1, -0.05) is 6.07 Å². The van der Waals surface area contributed by atoms with Gasteiger partial charge in [0, 0.05) is 18.7 Å². The Morgan fingerprint density at radius 1 is 1.37 bits per heavy atom. The lowest BCUT2D eigenvalue weighted by atomic mass is 9.94. The fourth-order valence-electron chi connectivity index (χ4n) is 2.79. The van der Waals surface area contributed by atoms with E-state index in [-0.39, 0.29) is 12.1 Å². The number of rotatable bonds is 3. The first-order valence-electron chi connectivity index (χ1n) is 6.69. The van der Waals surface area contributed by atoms with Gasteiger partial charge in [-0.2, -0.15) is 0 Å². The van der Waals surface area contributed by atoms with E-state index in [1.807, 2.05) is 11.8 Å². The number of likely N-dealkylation sites (N-methyl/N-ethyl adjacent to an activating group) is 1. The number of hydrogen-bond donors (Lipinski definition) is 1. The number of benzene rings is 1. The summed E-state index contributed by atoms with van der Waals surface area (Å²) >= 11 is 0. The van der Waals surface area contributed by atoms with Crippen LogP contribution < -0.4 is 10.1 Å². The van der Waals surface area contributed by atoms with Crippen LogP contribution in [-0.4, -0.2) is 31.1 Å². The van der Waals surface area contributed by atoms with Crippen LogP contribution >= 0.6 is 0 Å². The van der Waals surface area contributed by atoms with Gasteiger partial charge in [0.15, 0.2) is 0 Å². The second kappa shape index (κ2) is 5.11. The summed E-state index contributed by atoms with van der Waals surface area (Å²) in [6, 6.07) is 2.18. The summed E-state index contributed by atoms with van der Waals surface area (Å²) in [7, 11) is 1.69. The minimum Gasteiger partial charge on any atom is -0.496 e. The van der Waals surface area contributed by atoms with Crippen LogP contribution in [0.25, 0.3) is 0 Å². The number of aryl methyl sites for hydroxylation is 2. The number of hydrogen-bond acceptors (Lipinski definition) is 2. The quantitative estimate of drug-likeness (QED) is 0.910. The number of methoxy groups -OCH3 is 1. The van der Waals surface area contributed by atoms with E-state index in [0.29, 0.717) is 6.54 Å². The van der Waals surface area contributed by atoms with Crippen molar-refractivity contribution in [3.05, 3.63) is 28.3 Å². The molecule has 104 valence electrons. The third-order valence-electron chi connectivity index (χ3n) is 3.96. The van der Waals surface area contributed by atoms with Crippen LogP contribution in [0.5, 0.6) is 5.75 Å². The number of amides is 2. The van der Waals surface area contributed by atoms with Crippen LogP contribution in [0.1, 0.15) is 35.2 Å². The zero-order chi connectivity index (χ0) is 14.2. The van der Waals surface area contributed by atoms with Crippen molar-refractivity contribution in [1.82, 2.24) is 10.2 Å². The molecule has 0 radical (unpaired) electrons. The maximum Gasteiger partial charge on any atom is 0.318 e. The average molecular weight is 262 g/mol. The van der Waals surface area contributed by atoms with Crippen molar-refractivity contribution < 1.29 is 9.53 Å². The van der Waals surface area contributed by atoms with Crippen molar-refractivity contribution in [3.63, 3.8) is 0 Å². The lowest BCUT2D eigenvalue weighted by molar-refractivity contribution is 0.219. The molecular weight excluding hydrogens is 240 g/mol. The fourth-order valence-corrected chi connectivity index (χ4v) is 2.79. The third-order valence-corrected chi connectivity index (χ3v) is 3.96. The molecule has 1 saturated heterocycles. The number of carbonyl (C=O) groups is 1. The van der Waals surface area contributed by atoms with Crippen LogP contribution in [0.3, 0.4) is 0 Å². The van der Waals surface area contributed by atoms with Gasteiger partial charge in [0.1, 0.15) is 5.75 Å². The molecule has 1 fully saturated rings. The van der Waals surface area contributed by atoms with Gasteiger partial charge in [0.25, 0.3) is 0 Å². The number of ether oxygens (including phenoxy) is 1. The van der Waals surface area contributed by atoms with E-state index in [1.54, 1.807) is 7.11 Å². The van der Waals surface area contributed by atoms with Crippen molar-refractivity contribution >= 4 is 6.03 Å². The summed E-state index contributed by atoms with van der Waals surface area (Å²) in [5, 5.41) is 3.04. The van der Waals surface area contributed by atoms with Gasteiger partial charge in [0.2, 0.25) is 0 Å². The van der Waals surface area contributed by atoms with E-state index in [4.69, 9.17) is 4.74 Å². The molecule has 1 unspecified atom stereocenters. The van der Waals surface area contributed by atoms with Gasteiger partial charge in [-0.25, -0.2) is 4.79 Å². The summed E-state index contributed by atoms with van der Waals surface area (Å²) in [6.07, 6.45) is 0. The highest BCUT2D eigenvalue weighted by Gasteiger charge is 2.32. The molecule has 19 heavy (non-hydrogen) atoms. The predicted molar refractivity (Wildman–Crippen MR) is 75.7 cm³/mol. The van der Waals surface area contributed by atoms with Crippen molar-refractivity contribution in [1.29, 1.82) is 0 Å². The molecule has 2 amide bonds.